The van der Waals surface area contributed by atoms with Gasteiger partial charge in [-0.25, -0.2) is 0 Å². The summed E-state index contributed by atoms with van der Waals surface area (Å²) in [6, 6.07) is 15.5. The minimum atomic E-state index is -0.165. The third-order valence-corrected chi connectivity index (χ3v) is 5.53. The molecule has 2 aromatic rings. The van der Waals surface area contributed by atoms with Crippen molar-refractivity contribution in [1.29, 1.82) is 0 Å². The largest absolute Gasteiger partial charge is 0.371 e. The number of carbonyl (C=O) groups is 2. The Morgan fingerprint density at radius 2 is 1.75 bits per heavy atom. The third kappa shape index (κ3) is 5.35. The summed E-state index contributed by atoms with van der Waals surface area (Å²) < 4.78 is 0.926. The fourth-order valence-electron chi connectivity index (χ4n) is 3.43. The smallest absolute Gasteiger partial charge is 0.251 e. The van der Waals surface area contributed by atoms with Crippen molar-refractivity contribution in [3.63, 3.8) is 0 Å². The molecule has 0 atom stereocenters. The van der Waals surface area contributed by atoms with E-state index in [1.807, 2.05) is 25.2 Å². The van der Waals surface area contributed by atoms with Gasteiger partial charge < -0.3 is 15.1 Å². The number of rotatable bonds is 7. The van der Waals surface area contributed by atoms with Crippen molar-refractivity contribution in [2.24, 2.45) is 0 Å². The van der Waals surface area contributed by atoms with Gasteiger partial charge in [0.2, 0.25) is 5.91 Å². The SMILES string of the molecule is CN(Cc1ccccc1N1CCCC1)C(=O)CCNC(=O)c1ccc(Br)cc1. The van der Waals surface area contributed by atoms with Gasteiger partial charge in [-0.05, 0) is 48.7 Å². The van der Waals surface area contributed by atoms with Gasteiger partial charge in [0.05, 0.1) is 0 Å². The molecule has 1 heterocycles. The average molecular weight is 444 g/mol. The highest BCUT2D eigenvalue weighted by Gasteiger charge is 2.17. The summed E-state index contributed by atoms with van der Waals surface area (Å²) in [7, 11) is 1.82. The lowest BCUT2D eigenvalue weighted by Crippen LogP contribution is -2.32. The molecule has 2 amide bonds. The van der Waals surface area contributed by atoms with Crippen LogP contribution in [0.4, 0.5) is 5.69 Å². The van der Waals surface area contributed by atoms with Crippen LogP contribution in [0.25, 0.3) is 0 Å². The summed E-state index contributed by atoms with van der Waals surface area (Å²) in [5, 5.41) is 2.81. The van der Waals surface area contributed by atoms with Crippen LogP contribution < -0.4 is 10.2 Å². The van der Waals surface area contributed by atoms with Crippen LogP contribution in [-0.4, -0.2) is 43.4 Å². The Balaban J connectivity index is 1.50. The Hall–Kier alpha value is -2.34. The van der Waals surface area contributed by atoms with Crippen molar-refractivity contribution in [1.82, 2.24) is 10.2 Å². The number of benzene rings is 2. The van der Waals surface area contributed by atoms with Crippen molar-refractivity contribution in [2.75, 3.05) is 31.6 Å². The van der Waals surface area contributed by atoms with E-state index in [9.17, 15) is 9.59 Å². The maximum Gasteiger partial charge on any atom is 0.251 e. The monoisotopic (exact) mass is 443 g/mol. The number of para-hydroxylation sites is 1. The molecule has 0 aliphatic carbocycles. The lowest BCUT2D eigenvalue weighted by atomic mass is 10.1. The fourth-order valence-corrected chi connectivity index (χ4v) is 3.70. The summed E-state index contributed by atoms with van der Waals surface area (Å²) in [6.07, 6.45) is 2.73. The van der Waals surface area contributed by atoms with Gasteiger partial charge in [0, 0.05) is 55.4 Å². The second kappa shape index (κ2) is 9.73. The number of nitrogens with one attached hydrogen (secondary N) is 1. The molecule has 0 spiro atoms. The Labute approximate surface area is 174 Å². The van der Waals surface area contributed by atoms with Gasteiger partial charge in [0.15, 0.2) is 0 Å². The minimum Gasteiger partial charge on any atom is -0.371 e. The molecule has 0 saturated carbocycles. The number of halogens is 1. The first-order valence-electron chi connectivity index (χ1n) is 9.65. The molecule has 2 aromatic carbocycles. The van der Waals surface area contributed by atoms with E-state index < -0.39 is 0 Å². The van der Waals surface area contributed by atoms with Crippen molar-refractivity contribution in [3.05, 3.63) is 64.1 Å². The Kier molecular flexibility index (Phi) is 7.09. The number of carbonyl (C=O) groups excluding carboxylic acids is 2. The van der Waals surface area contributed by atoms with Crippen molar-refractivity contribution in [3.8, 4) is 0 Å². The van der Waals surface area contributed by atoms with Crippen molar-refractivity contribution >= 4 is 33.4 Å². The summed E-state index contributed by atoms with van der Waals surface area (Å²) in [4.78, 5) is 28.8. The van der Waals surface area contributed by atoms with Gasteiger partial charge in [-0.3, -0.25) is 9.59 Å². The number of amides is 2. The maximum absolute atomic E-state index is 12.5. The molecule has 1 aliphatic heterocycles. The molecule has 1 N–H and O–H groups in total. The predicted octanol–water partition coefficient (Wildman–Crippen LogP) is 3.83. The normalized spacial score (nSPS) is 13.4. The van der Waals surface area contributed by atoms with Gasteiger partial charge in [-0.1, -0.05) is 34.1 Å². The number of hydrogen-bond acceptors (Lipinski definition) is 3. The molecule has 0 unspecified atom stereocenters. The van der Waals surface area contributed by atoms with Gasteiger partial charge in [0.25, 0.3) is 5.91 Å². The fraction of sp³-hybridized carbons (Fsp3) is 0.364. The highest BCUT2D eigenvalue weighted by atomic mass is 79.9. The molecule has 1 aliphatic rings. The van der Waals surface area contributed by atoms with Crippen LogP contribution in [0.2, 0.25) is 0 Å². The van der Waals surface area contributed by atoms with Crippen molar-refractivity contribution in [2.45, 2.75) is 25.8 Å². The van der Waals surface area contributed by atoms with E-state index in [-0.39, 0.29) is 18.2 Å². The van der Waals surface area contributed by atoms with Crippen LogP contribution in [0.1, 0.15) is 35.2 Å². The summed E-state index contributed by atoms with van der Waals surface area (Å²) in [5.41, 5.74) is 2.98. The van der Waals surface area contributed by atoms with Crippen LogP contribution in [0.15, 0.2) is 53.0 Å². The van der Waals surface area contributed by atoms with Crippen LogP contribution in [0.3, 0.4) is 0 Å². The van der Waals surface area contributed by atoms with Gasteiger partial charge >= 0.3 is 0 Å². The first-order chi connectivity index (χ1) is 13.5. The summed E-state index contributed by atoms with van der Waals surface area (Å²) in [6.45, 7) is 3.06. The van der Waals surface area contributed by atoms with Gasteiger partial charge in [-0.15, -0.1) is 0 Å². The van der Waals surface area contributed by atoms with Crippen LogP contribution in [0, 0.1) is 0 Å². The number of hydrogen-bond donors (Lipinski definition) is 1. The molecule has 0 aromatic heterocycles. The first kappa shape index (κ1) is 20.4. The van der Waals surface area contributed by atoms with E-state index in [1.54, 1.807) is 17.0 Å². The summed E-state index contributed by atoms with van der Waals surface area (Å²) >= 11 is 3.35. The average Bonchev–Trinajstić information content (AvgIpc) is 3.23. The molecule has 1 fully saturated rings. The second-order valence-corrected chi connectivity index (χ2v) is 8.00. The topological polar surface area (TPSA) is 52.6 Å². The van der Waals surface area contributed by atoms with Gasteiger partial charge in [0.1, 0.15) is 0 Å². The van der Waals surface area contributed by atoms with Crippen LogP contribution >= 0.6 is 15.9 Å². The Morgan fingerprint density at radius 3 is 2.46 bits per heavy atom. The highest BCUT2D eigenvalue weighted by Crippen LogP contribution is 2.25. The molecule has 6 heteroatoms. The predicted molar refractivity (Wildman–Crippen MR) is 115 cm³/mol. The van der Waals surface area contributed by atoms with E-state index in [1.165, 1.54) is 24.1 Å². The molecular weight excluding hydrogens is 418 g/mol. The minimum absolute atomic E-state index is 0.0207. The molecule has 0 bridgehead atoms. The molecule has 5 nitrogen and oxygen atoms in total. The van der Waals surface area contributed by atoms with E-state index >= 15 is 0 Å². The van der Waals surface area contributed by atoms with E-state index in [0.29, 0.717) is 18.7 Å². The molecule has 0 radical (unpaired) electrons. The van der Waals surface area contributed by atoms with Crippen LogP contribution in [0.5, 0.6) is 0 Å². The molecule has 148 valence electrons. The Morgan fingerprint density at radius 1 is 1.07 bits per heavy atom. The first-order valence-corrected chi connectivity index (χ1v) is 10.4. The lowest BCUT2D eigenvalue weighted by molar-refractivity contribution is -0.130. The zero-order valence-corrected chi connectivity index (χ0v) is 17.7. The number of anilines is 1. The van der Waals surface area contributed by atoms with Crippen molar-refractivity contribution < 1.29 is 9.59 Å². The quantitative estimate of drug-likeness (QED) is 0.707. The zero-order valence-electron chi connectivity index (χ0n) is 16.2. The number of nitrogens with zero attached hydrogens (tertiary/aromatic N) is 2. The molecule has 1 saturated heterocycles. The standard InChI is InChI=1S/C22H26BrN3O2/c1-25(16-18-6-2-3-7-20(18)26-14-4-5-15-26)21(27)12-13-24-22(28)17-8-10-19(23)11-9-17/h2-3,6-11H,4-5,12-16H2,1H3,(H,24,28). The molecule has 3 rings (SSSR count). The molecular formula is C22H26BrN3O2. The molecule has 28 heavy (non-hydrogen) atoms. The van der Waals surface area contributed by atoms with E-state index in [2.05, 4.69) is 44.3 Å². The van der Waals surface area contributed by atoms with E-state index in [4.69, 9.17) is 0 Å². The third-order valence-electron chi connectivity index (χ3n) is 5.00. The van der Waals surface area contributed by atoms with Crippen LogP contribution in [-0.2, 0) is 11.3 Å². The lowest BCUT2D eigenvalue weighted by Gasteiger charge is -2.24. The van der Waals surface area contributed by atoms with Gasteiger partial charge in [-0.2, -0.15) is 0 Å². The Bertz CT molecular complexity index is 817. The highest BCUT2D eigenvalue weighted by molar-refractivity contribution is 9.10. The maximum atomic E-state index is 12.5. The van der Waals surface area contributed by atoms with E-state index in [0.717, 1.165) is 17.6 Å². The second-order valence-electron chi connectivity index (χ2n) is 7.09. The summed E-state index contributed by atoms with van der Waals surface area (Å²) in [5.74, 6) is -0.144. The zero-order chi connectivity index (χ0) is 19.9.